The summed E-state index contributed by atoms with van der Waals surface area (Å²) in [5, 5.41) is 7.57. The lowest BCUT2D eigenvalue weighted by Gasteiger charge is -2.06. The first-order chi connectivity index (χ1) is 7.69. The number of nitrogens with zero attached hydrogens (tertiary/aromatic N) is 1. The van der Waals surface area contributed by atoms with Gasteiger partial charge >= 0.3 is 0 Å². The topological polar surface area (TPSA) is 38.1 Å². The first-order valence-electron chi connectivity index (χ1n) is 6.36. The predicted octanol–water partition coefficient (Wildman–Crippen LogP) is 2.94. The minimum Gasteiger partial charge on any atom is -0.361 e. The third-order valence-corrected chi connectivity index (χ3v) is 2.63. The zero-order chi connectivity index (χ0) is 12.0. The van der Waals surface area contributed by atoms with E-state index in [4.69, 9.17) is 4.52 Å². The molecule has 1 aromatic rings. The van der Waals surface area contributed by atoms with E-state index in [9.17, 15) is 0 Å². The smallest absolute Gasteiger partial charge is 0.140 e. The van der Waals surface area contributed by atoms with Gasteiger partial charge in [0, 0.05) is 18.5 Å². The van der Waals surface area contributed by atoms with E-state index in [0.29, 0.717) is 5.92 Å². The van der Waals surface area contributed by atoms with Gasteiger partial charge in [0.05, 0.1) is 0 Å². The van der Waals surface area contributed by atoms with E-state index in [0.717, 1.165) is 43.8 Å². The van der Waals surface area contributed by atoms with E-state index < -0.39 is 0 Å². The summed E-state index contributed by atoms with van der Waals surface area (Å²) in [4.78, 5) is 0. The van der Waals surface area contributed by atoms with Crippen LogP contribution in [0.4, 0.5) is 0 Å². The van der Waals surface area contributed by atoms with Gasteiger partial charge in [-0.15, -0.1) is 0 Å². The second-order valence-electron chi connectivity index (χ2n) is 4.66. The molecule has 3 heteroatoms. The molecule has 0 aromatic carbocycles. The van der Waals surface area contributed by atoms with Gasteiger partial charge in [-0.25, -0.2) is 0 Å². The summed E-state index contributed by atoms with van der Waals surface area (Å²) in [7, 11) is 0. The van der Waals surface area contributed by atoms with Crippen LogP contribution in [0.1, 0.15) is 51.1 Å². The van der Waals surface area contributed by atoms with Crippen molar-refractivity contribution in [3.8, 4) is 0 Å². The number of aromatic nitrogens is 1. The Morgan fingerprint density at radius 2 is 2.06 bits per heavy atom. The minimum absolute atomic E-state index is 0.673. The molecule has 1 N–H and O–H groups in total. The van der Waals surface area contributed by atoms with Crippen molar-refractivity contribution in [2.75, 3.05) is 6.54 Å². The van der Waals surface area contributed by atoms with Gasteiger partial charge < -0.3 is 9.84 Å². The van der Waals surface area contributed by atoms with Gasteiger partial charge in [0.25, 0.3) is 0 Å². The fraction of sp³-hybridized carbons (Fsp3) is 0.769. The van der Waals surface area contributed by atoms with Crippen LogP contribution < -0.4 is 5.32 Å². The normalized spacial score (nSPS) is 11.3. The molecule has 0 amide bonds. The molecule has 1 rings (SSSR count). The molecular weight excluding hydrogens is 200 g/mol. The van der Waals surface area contributed by atoms with Gasteiger partial charge in [-0.05, 0) is 25.3 Å². The molecule has 0 saturated carbocycles. The molecule has 0 fully saturated rings. The molecule has 0 aliphatic heterocycles. The van der Waals surface area contributed by atoms with Crippen LogP contribution >= 0.6 is 0 Å². The van der Waals surface area contributed by atoms with E-state index >= 15 is 0 Å². The van der Waals surface area contributed by atoms with Gasteiger partial charge in [0.1, 0.15) is 11.5 Å². The third kappa shape index (κ3) is 3.63. The van der Waals surface area contributed by atoms with Crippen molar-refractivity contribution in [1.29, 1.82) is 0 Å². The lowest BCUT2D eigenvalue weighted by molar-refractivity contribution is 0.372. The number of rotatable bonds is 7. The number of aryl methyl sites for hydroxylation is 1. The van der Waals surface area contributed by atoms with Crippen LogP contribution in [-0.2, 0) is 19.4 Å². The van der Waals surface area contributed by atoms with Crippen molar-refractivity contribution in [3.63, 3.8) is 0 Å². The van der Waals surface area contributed by atoms with Crippen molar-refractivity contribution in [2.24, 2.45) is 5.92 Å². The van der Waals surface area contributed by atoms with Crippen molar-refractivity contribution < 1.29 is 4.52 Å². The van der Waals surface area contributed by atoms with Gasteiger partial charge in [-0.1, -0.05) is 32.9 Å². The maximum Gasteiger partial charge on any atom is 0.140 e. The molecule has 0 bridgehead atoms. The molecule has 16 heavy (non-hydrogen) atoms. The number of nitrogens with one attached hydrogen (secondary N) is 1. The molecule has 3 nitrogen and oxygen atoms in total. The second-order valence-corrected chi connectivity index (χ2v) is 4.66. The maximum atomic E-state index is 5.39. The van der Waals surface area contributed by atoms with Crippen LogP contribution in [0.25, 0.3) is 0 Å². The largest absolute Gasteiger partial charge is 0.361 e. The van der Waals surface area contributed by atoms with Crippen LogP contribution in [0.3, 0.4) is 0 Å². The summed E-state index contributed by atoms with van der Waals surface area (Å²) < 4.78 is 5.39. The molecule has 1 heterocycles. The molecule has 0 saturated heterocycles. The van der Waals surface area contributed by atoms with Crippen molar-refractivity contribution in [1.82, 2.24) is 10.5 Å². The highest BCUT2D eigenvalue weighted by molar-refractivity contribution is 5.23. The summed E-state index contributed by atoms with van der Waals surface area (Å²) >= 11 is 0. The molecule has 0 aliphatic rings. The summed E-state index contributed by atoms with van der Waals surface area (Å²) in [6.45, 7) is 10.6. The quantitative estimate of drug-likeness (QED) is 0.774. The Kier molecular flexibility index (Phi) is 5.53. The summed E-state index contributed by atoms with van der Waals surface area (Å²) in [5.74, 6) is 1.75. The Balaban J connectivity index is 2.58. The van der Waals surface area contributed by atoms with Crippen molar-refractivity contribution >= 4 is 0 Å². The van der Waals surface area contributed by atoms with Gasteiger partial charge in [-0.3, -0.25) is 0 Å². The fourth-order valence-electron chi connectivity index (χ4n) is 1.82. The van der Waals surface area contributed by atoms with Crippen LogP contribution in [-0.4, -0.2) is 11.7 Å². The predicted molar refractivity (Wildman–Crippen MR) is 66.4 cm³/mol. The van der Waals surface area contributed by atoms with Crippen molar-refractivity contribution in [2.45, 2.75) is 53.5 Å². The van der Waals surface area contributed by atoms with Crippen LogP contribution in [0, 0.1) is 5.92 Å². The zero-order valence-corrected chi connectivity index (χ0v) is 11.0. The Bertz CT molecular complexity index is 305. The summed E-state index contributed by atoms with van der Waals surface area (Å²) in [6, 6.07) is 0. The highest BCUT2D eigenvalue weighted by Crippen LogP contribution is 2.16. The fourth-order valence-corrected chi connectivity index (χ4v) is 1.82. The van der Waals surface area contributed by atoms with E-state index in [1.165, 1.54) is 5.56 Å². The summed E-state index contributed by atoms with van der Waals surface area (Å²) in [6.07, 6.45) is 3.12. The molecule has 1 aromatic heterocycles. The molecule has 0 aliphatic carbocycles. The first-order valence-corrected chi connectivity index (χ1v) is 6.36. The Morgan fingerprint density at radius 1 is 1.31 bits per heavy atom. The van der Waals surface area contributed by atoms with Crippen LogP contribution in [0.5, 0.6) is 0 Å². The zero-order valence-electron chi connectivity index (χ0n) is 11.0. The van der Waals surface area contributed by atoms with Crippen molar-refractivity contribution in [3.05, 3.63) is 17.0 Å². The molecule has 92 valence electrons. The lowest BCUT2D eigenvalue weighted by atomic mass is 10.1. The average molecular weight is 224 g/mol. The maximum absolute atomic E-state index is 5.39. The van der Waals surface area contributed by atoms with Gasteiger partial charge in [-0.2, -0.15) is 0 Å². The molecule has 0 unspecified atom stereocenters. The second kappa shape index (κ2) is 6.69. The molecule has 0 spiro atoms. The SMILES string of the molecule is CCCc1onc(CNCC(C)C)c1CC. The van der Waals surface area contributed by atoms with Crippen LogP contribution in [0.2, 0.25) is 0 Å². The Hall–Kier alpha value is -0.830. The van der Waals surface area contributed by atoms with Gasteiger partial charge in [0.2, 0.25) is 0 Å². The number of hydrogen-bond acceptors (Lipinski definition) is 3. The van der Waals surface area contributed by atoms with E-state index in [2.05, 4.69) is 38.2 Å². The first kappa shape index (κ1) is 13.2. The Morgan fingerprint density at radius 3 is 2.62 bits per heavy atom. The standard InChI is InChI=1S/C13H24N2O/c1-5-7-13-11(6-2)12(15-16-13)9-14-8-10(3)4/h10,14H,5-9H2,1-4H3. The summed E-state index contributed by atoms with van der Waals surface area (Å²) in [5.41, 5.74) is 2.39. The van der Waals surface area contributed by atoms with E-state index in [-0.39, 0.29) is 0 Å². The lowest BCUT2D eigenvalue weighted by Crippen LogP contribution is -2.19. The van der Waals surface area contributed by atoms with E-state index in [1.54, 1.807) is 0 Å². The number of hydrogen-bond donors (Lipinski definition) is 1. The van der Waals surface area contributed by atoms with Gasteiger partial charge in [0.15, 0.2) is 0 Å². The monoisotopic (exact) mass is 224 g/mol. The van der Waals surface area contributed by atoms with Crippen LogP contribution in [0.15, 0.2) is 4.52 Å². The minimum atomic E-state index is 0.673. The van der Waals surface area contributed by atoms with E-state index in [1.807, 2.05) is 0 Å². The highest BCUT2D eigenvalue weighted by atomic mass is 16.5. The molecule has 0 atom stereocenters. The average Bonchev–Trinajstić information content (AvgIpc) is 2.61. The highest BCUT2D eigenvalue weighted by Gasteiger charge is 2.12. The molecule has 0 radical (unpaired) electrons. The Labute approximate surface area is 98.6 Å². The third-order valence-electron chi connectivity index (χ3n) is 2.63. The molecular formula is C13H24N2O.